The minimum atomic E-state index is 0.0676. The molecule has 0 unspecified atom stereocenters. The van der Waals surface area contributed by atoms with Crippen LogP contribution in [0, 0.1) is 27.7 Å². The number of H-pyrrole nitrogens is 1. The van der Waals surface area contributed by atoms with Gasteiger partial charge in [0.05, 0.1) is 0 Å². The van der Waals surface area contributed by atoms with E-state index in [0.29, 0.717) is 6.04 Å². The van der Waals surface area contributed by atoms with Crippen molar-refractivity contribution >= 4 is 22.9 Å². The molecule has 0 atom stereocenters. The summed E-state index contributed by atoms with van der Waals surface area (Å²) in [6, 6.07) is 9.07. The molecule has 156 valence electrons. The van der Waals surface area contributed by atoms with Gasteiger partial charge in [0, 0.05) is 23.3 Å². The van der Waals surface area contributed by atoms with E-state index in [9.17, 15) is 4.79 Å². The number of hydrogen-bond donors (Lipinski definition) is 2. The maximum Gasteiger partial charge on any atom is 0.247 e. The normalized spacial score (nSPS) is 15.2. The number of fused-ring (bicyclic) bond motifs is 1. The molecule has 3 aromatic rings. The molecule has 1 amide bonds. The molecule has 30 heavy (non-hydrogen) atoms. The number of carbonyl (C=O) groups is 1. The zero-order valence-electron chi connectivity index (χ0n) is 18.8. The molecule has 4 rings (SSSR count). The van der Waals surface area contributed by atoms with Crippen LogP contribution in [0.3, 0.4) is 0 Å². The zero-order chi connectivity index (χ0) is 21.4. The second-order valence-corrected chi connectivity index (χ2v) is 8.85. The van der Waals surface area contributed by atoms with Crippen LogP contribution < -0.4 is 5.32 Å². The number of amides is 1. The highest BCUT2D eigenvalue weighted by atomic mass is 16.1. The summed E-state index contributed by atoms with van der Waals surface area (Å²) in [7, 11) is 0. The average Bonchev–Trinajstić information content (AvgIpc) is 3.41. The molecule has 0 aliphatic heterocycles. The minimum absolute atomic E-state index is 0.0676. The molecule has 0 spiro atoms. The topological polar surface area (TPSA) is 44.9 Å². The lowest BCUT2D eigenvalue weighted by atomic mass is 9.85. The predicted molar refractivity (Wildman–Crippen MR) is 127 cm³/mol. The molecule has 1 aliphatic rings. The minimum Gasteiger partial charge on any atom is -0.361 e. The van der Waals surface area contributed by atoms with E-state index >= 15 is 0 Å². The summed E-state index contributed by atoms with van der Waals surface area (Å²) in [4.78, 5) is 16.0. The number of hydrogen-bond acceptors (Lipinski definition) is 1. The number of carbonyl (C=O) groups excluding carboxylic acids is 1. The summed E-state index contributed by atoms with van der Waals surface area (Å²) in [6.45, 7) is 10.7. The van der Waals surface area contributed by atoms with E-state index in [1.54, 1.807) is 0 Å². The summed E-state index contributed by atoms with van der Waals surface area (Å²) < 4.78 is 0. The molecule has 1 saturated carbocycles. The van der Waals surface area contributed by atoms with Crippen molar-refractivity contribution in [3.8, 4) is 11.1 Å². The molecule has 0 radical (unpaired) electrons. The van der Waals surface area contributed by atoms with E-state index in [1.807, 2.05) is 13.1 Å². The van der Waals surface area contributed by atoms with Gasteiger partial charge in [0.1, 0.15) is 0 Å². The second kappa shape index (κ2) is 8.14. The molecule has 3 heteroatoms. The smallest absolute Gasteiger partial charge is 0.247 e. The Kier molecular flexibility index (Phi) is 5.55. The van der Waals surface area contributed by atoms with E-state index in [4.69, 9.17) is 0 Å². The van der Waals surface area contributed by atoms with Crippen molar-refractivity contribution in [3.05, 3.63) is 63.9 Å². The summed E-state index contributed by atoms with van der Waals surface area (Å²) in [5, 5.41) is 4.44. The maximum absolute atomic E-state index is 12.7. The number of nitrogens with one attached hydrogen (secondary N) is 2. The molecule has 0 saturated heterocycles. The second-order valence-electron chi connectivity index (χ2n) is 8.85. The van der Waals surface area contributed by atoms with E-state index in [-0.39, 0.29) is 5.91 Å². The van der Waals surface area contributed by atoms with Crippen LogP contribution in [-0.4, -0.2) is 16.9 Å². The van der Waals surface area contributed by atoms with Gasteiger partial charge in [-0.3, -0.25) is 4.79 Å². The Labute approximate surface area is 179 Å². The molecule has 2 aromatic carbocycles. The summed E-state index contributed by atoms with van der Waals surface area (Å²) >= 11 is 0. The van der Waals surface area contributed by atoms with Crippen molar-refractivity contribution in [2.24, 2.45) is 0 Å². The van der Waals surface area contributed by atoms with Crippen LogP contribution in [0.5, 0.6) is 0 Å². The number of rotatable bonds is 4. The summed E-state index contributed by atoms with van der Waals surface area (Å²) in [6.07, 6.45) is 8.72. The molecule has 1 aliphatic carbocycles. The van der Waals surface area contributed by atoms with E-state index in [0.717, 1.165) is 23.9 Å². The number of benzene rings is 2. The lowest BCUT2D eigenvalue weighted by Gasteiger charge is -2.20. The van der Waals surface area contributed by atoms with E-state index in [2.05, 4.69) is 68.3 Å². The van der Waals surface area contributed by atoms with Gasteiger partial charge in [-0.1, -0.05) is 18.9 Å². The monoisotopic (exact) mass is 400 g/mol. The van der Waals surface area contributed by atoms with Crippen LogP contribution in [0.25, 0.3) is 28.1 Å². The Bertz CT molecular complexity index is 1110. The van der Waals surface area contributed by atoms with Crippen LogP contribution in [0.4, 0.5) is 0 Å². The Morgan fingerprint density at radius 1 is 1.00 bits per heavy atom. The van der Waals surface area contributed by atoms with Gasteiger partial charge in [0.2, 0.25) is 5.91 Å². The number of aromatic amines is 1. The fourth-order valence-electron chi connectivity index (χ4n) is 4.85. The predicted octanol–water partition coefficient (Wildman–Crippen LogP) is 6.53. The van der Waals surface area contributed by atoms with Crippen molar-refractivity contribution < 1.29 is 4.79 Å². The summed E-state index contributed by atoms with van der Waals surface area (Å²) in [5.41, 5.74) is 10.7. The molecule has 2 N–H and O–H groups in total. The maximum atomic E-state index is 12.7. The highest BCUT2D eigenvalue weighted by Gasteiger charge is 2.19. The average molecular weight is 401 g/mol. The van der Waals surface area contributed by atoms with Crippen LogP contribution in [-0.2, 0) is 4.79 Å². The van der Waals surface area contributed by atoms with Crippen molar-refractivity contribution in [3.63, 3.8) is 0 Å². The quantitative estimate of drug-likeness (QED) is 0.480. The SMILES string of the molecule is CC(=Cc1c(C)c(C)c(-c2ccc3[nH]ccc3c2)c(C)c1C)C(=O)NC1CCCC1. The van der Waals surface area contributed by atoms with Crippen LogP contribution in [0.2, 0.25) is 0 Å². The fourth-order valence-corrected chi connectivity index (χ4v) is 4.85. The van der Waals surface area contributed by atoms with Gasteiger partial charge in [0.15, 0.2) is 0 Å². The van der Waals surface area contributed by atoms with Gasteiger partial charge in [-0.15, -0.1) is 0 Å². The molecular formula is C27H32N2O. The lowest BCUT2D eigenvalue weighted by molar-refractivity contribution is -0.118. The molecular weight excluding hydrogens is 368 g/mol. The van der Waals surface area contributed by atoms with Gasteiger partial charge >= 0.3 is 0 Å². The van der Waals surface area contributed by atoms with E-state index < -0.39 is 0 Å². The third-order valence-corrected chi connectivity index (χ3v) is 6.93. The largest absolute Gasteiger partial charge is 0.361 e. The highest BCUT2D eigenvalue weighted by Crippen LogP contribution is 2.36. The van der Waals surface area contributed by atoms with Gasteiger partial charge in [0.25, 0.3) is 0 Å². The Morgan fingerprint density at radius 2 is 1.67 bits per heavy atom. The lowest BCUT2D eigenvalue weighted by Crippen LogP contribution is -2.33. The summed E-state index contributed by atoms with van der Waals surface area (Å²) in [5.74, 6) is 0.0676. The first-order chi connectivity index (χ1) is 14.4. The van der Waals surface area contributed by atoms with Crippen molar-refractivity contribution in [1.82, 2.24) is 10.3 Å². The van der Waals surface area contributed by atoms with Gasteiger partial charge < -0.3 is 10.3 Å². The van der Waals surface area contributed by atoms with Crippen LogP contribution >= 0.6 is 0 Å². The first-order valence-corrected chi connectivity index (χ1v) is 11.0. The molecule has 0 bridgehead atoms. The van der Waals surface area contributed by atoms with Crippen molar-refractivity contribution in [1.29, 1.82) is 0 Å². The molecule has 1 fully saturated rings. The van der Waals surface area contributed by atoms with Crippen LogP contribution in [0.1, 0.15) is 60.4 Å². The molecule has 1 aromatic heterocycles. The molecule has 3 nitrogen and oxygen atoms in total. The van der Waals surface area contributed by atoms with Gasteiger partial charge in [-0.25, -0.2) is 0 Å². The standard InChI is InChI=1S/C27H32N2O/c1-16(27(30)29-23-8-6-7-9-23)14-24-17(2)19(4)26(20(5)18(24)3)22-10-11-25-21(15-22)12-13-28-25/h10-15,23,28H,6-9H2,1-5H3,(H,29,30). The van der Waals surface area contributed by atoms with Gasteiger partial charge in [-0.2, -0.15) is 0 Å². The highest BCUT2D eigenvalue weighted by molar-refractivity contribution is 5.98. The third-order valence-electron chi connectivity index (χ3n) is 6.93. The molecule has 1 heterocycles. The van der Waals surface area contributed by atoms with Crippen LogP contribution in [0.15, 0.2) is 36.0 Å². The van der Waals surface area contributed by atoms with Crippen molar-refractivity contribution in [2.75, 3.05) is 0 Å². The van der Waals surface area contributed by atoms with Gasteiger partial charge in [-0.05, 0) is 116 Å². The first kappa shape index (κ1) is 20.5. The third kappa shape index (κ3) is 3.69. The Hall–Kier alpha value is -2.81. The zero-order valence-corrected chi connectivity index (χ0v) is 18.8. The fraction of sp³-hybridized carbons (Fsp3) is 0.370. The Morgan fingerprint density at radius 3 is 2.33 bits per heavy atom. The first-order valence-electron chi connectivity index (χ1n) is 11.0. The van der Waals surface area contributed by atoms with Crippen molar-refractivity contribution in [2.45, 2.75) is 66.3 Å². The van der Waals surface area contributed by atoms with E-state index in [1.165, 1.54) is 57.2 Å². The number of aromatic nitrogens is 1. The Balaban J connectivity index is 1.72.